The van der Waals surface area contributed by atoms with Crippen molar-refractivity contribution in [2.24, 2.45) is 0 Å². The van der Waals surface area contributed by atoms with Gasteiger partial charge in [-0.1, -0.05) is 19.9 Å². The average Bonchev–Trinajstić information content (AvgIpc) is 3.32. The molecule has 0 aliphatic rings. The molecule has 2 aromatic carbocycles. The summed E-state index contributed by atoms with van der Waals surface area (Å²) in [5.41, 5.74) is 1.22. The molecule has 0 saturated carbocycles. The zero-order valence-corrected chi connectivity index (χ0v) is 20.6. The first-order valence-electron chi connectivity index (χ1n) is 10.7. The second kappa shape index (κ2) is 10.8. The fourth-order valence-electron chi connectivity index (χ4n) is 3.35. The highest BCUT2D eigenvalue weighted by Gasteiger charge is 2.25. The molecule has 0 radical (unpaired) electrons. The van der Waals surface area contributed by atoms with Crippen LogP contribution in [0, 0.1) is 11.3 Å². The van der Waals surface area contributed by atoms with Crippen LogP contribution < -0.4 is 10.0 Å². The van der Waals surface area contributed by atoms with E-state index < -0.39 is 19.9 Å². The predicted octanol–water partition coefficient (Wildman–Crippen LogP) is 3.14. The Hall–Kier alpha value is -3.20. The van der Waals surface area contributed by atoms with E-state index in [1.807, 2.05) is 19.9 Å². The fraction of sp³-hybridized carbons (Fsp3) is 0.304. The Kier molecular flexibility index (Phi) is 8.09. The van der Waals surface area contributed by atoms with Crippen LogP contribution in [0.2, 0.25) is 0 Å². The van der Waals surface area contributed by atoms with Crippen LogP contribution in [0.5, 0.6) is 0 Å². The lowest BCUT2D eigenvalue weighted by Crippen LogP contribution is -2.28. The topological polar surface area (TPSA) is 134 Å². The van der Waals surface area contributed by atoms with Crippen LogP contribution >= 0.6 is 0 Å². The minimum Gasteiger partial charge on any atom is -0.384 e. The van der Waals surface area contributed by atoms with Gasteiger partial charge < -0.3 is 9.88 Å². The Morgan fingerprint density at radius 1 is 1.03 bits per heavy atom. The number of nitriles is 1. The third-order valence-corrected chi connectivity index (χ3v) is 8.44. The second-order valence-corrected chi connectivity index (χ2v) is 11.6. The van der Waals surface area contributed by atoms with Gasteiger partial charge in [0.05, 0.1) is 33.5 Å². The van der Waals surface area contributed by atoms with Crippen molar-refractivity contribution in [3.8, 4) is 6.07 Å². The molecular formula is C23H27N5O4S2. The van der Waals surface area contributed by atoms with Gasteiger partial charge in [-0.2, -0.15) is 5.26 Å². The zero-order chi connectivity index (χ0) is 24.8. The highest BCUT2D eigenvalue weighted by molar-refractivity contribution is 7.91. The summed E-state index contributed by atoms with van der Waals surface area (Å²) in [6, 6.07) is 12.4. The van der Waals surface area contributed by atoms with Crippen molar-refractivity contribution < 1.29 is 16.8 Å². The highest BCUT2D eigenvalue weighted by Crippen LogP contribution is 2.30. The Balaban J connectivity index is 1.89. The quantitative estimate of drug-likeness (QED) is 0.386. The van der Waals surface area contributed by atoms with Crippen molar-refractivity contribution >= 4 is 25.5 Å². The largest absolute Gasteiger partial charge is 0.384 e. The number of rotatable bonds is 11. The summed E-state index contributed by atoms with van der Waals surface area (Å²) in [7, 11) is -7.91. The molecule has 11 heteroatoms. The molecule has 3 rings (SSSR count). The van der Waals surface area contributed by atoms with Gasteiger partial charge in [0.2, 0.25) is 19.9 Å². The van der Waals surface area contributed by atoms with Gasteiger partial charge in [-0.3, -0.25) is 0 Å². The minimum absolute atomic E-state index is 0.0482. The molecule has 0 unspecified atom stereocenters. The van der Waals surface area contributed by atoms with E-state index >= 15 is 0 Å². The number of nitrogens with one attached hydrogen (secondary N) is 2. The standard InChI is InChI=1S/C23H27N5O4S2/c1-18(2)22-9-8-21(16-23(22)34(31,32)27-13-15-28-14-12-25-17-28)33(29,30)20-6-4-19(5-7-20)26-11-3-10-24/h4-9,12,14,16-18,26-27H,3,11,13,15H2,1-2H3. The van der Waals surface area contributed by atoms with Crippen molar-refractivity contribution in [3.63, 3.8) is 0 Å². The maximum Gasteiger partial charge on any atom is 0.240 e. The highest BCUT2D eigenvalue weighted by atomic mass is 32.2. The molecule has 0 spiro atoms. The van der Waals surface area contributed by atoms with Gasteiger partial charge in [-0.05, 0) is 47.9 Å². The molecule has 0 fully saturated rings. The Morgan fingerprint density at radius 3 is 2.35 bits per heavy atom. The molecule has 0 atom stereocenters. The normalized spacial score (nSPS) is 11.9. The molecule has 0 amide bonds. The van der Waals surface area contributed by atoms with Crippen molar-refractivity contribution in [2.45, 2.75) is 47.4 Å². The number of hydrogen-bond donors (Lipinski definition) is 2. The summed E-state index contributed by atoms with van der Waals surface area (Å²) in [6.07, 6.45) is 5.25. The smallest absolute Gasteiger partial charge is 0.240 e. The van der Waals surface area contributed by atoms with Gasteiger partial charge in [0.25, 0.3) is 0 Å². The Labute approximate surface area is 200 Å². The maximum absolute atomic E-state index is 13.2. The van der Waals surface area contributed by atoms with Crippen LogP contribution in [-0.2, 0) is 26.4 Å². The number of aromatic nitrogens is 2. The zero-order valence-electron chi connectivity index (χ0n) is 19.0. The number of anilines is 1. The molecule has 180 valence electrons. The first-order chi connectivity index (χ1) is 16.1. The lowest BCUT2D eigenvalue weighted by atomic mass is 10.0. The molecule has 0 saturated heterocycles. The lowest BCUT2D eigenvalue weighted by molar-refractivity contribution is 0.570. The van der Waals surface area contributed by atoms with Gasteiger partial charge in [-0.15, -0.1) is 0 Å². The molecule has 1 aromatic heterocycles. The van der Waals surface area contributed by atoms with Gasteiger partial charge in [0.15, 0.2) is 0 Å². The average molecular weight is 502 g/mol. The number of sulfonamides is 1. The summed E-state index contributed by atoms with van der Waals surface area (Å²) in [4.78, 5) is 3.82. The number of benzene rings is 2. The molecule has 0 bridgehead atoms. The molecule has 3 aromatic rings. The minimum atomic E-state index is -3.96. The van der Waals surface area contributed by atoms with E-state index in [1.165, 1.54) is 24.3 Å². The molecular weight excluding hydrogens is 474 g/mol. The van der Waals surface area contributed by atoms with E-state index in [0.29, 0.717) is 30.8 Å². The summed E-state index contributed by atoms with van der Waals surface area (Å²) in [5, 5.41) is 11.7. The molecule has 9 nitrogen and oxygen atoms in total. The van der Waals surface area contributed by atoms with Gasteiger partial charge >= 0.3 is 0 Å². The van der Waals surface area contributed by atoms with Crippen LogP contribution in [0.25, 0.3) is 0 Å². The third-order valence-electron chi connectivity index (χ3n) is 5.16. The summed E-state index contributed by atoms with van der Waals surface area (Å²) < 4.78 is 57.0. The van der Waals surface area contributed by atoms with E-state index in [9.17, 15) is 16.8 Å². The van der Waals surface area contributed by atoms with Crippen molar-refractivity contribution in [2.75, 3.05) is 18.4 Å². The fourth-order valence-corrected chi connectivity index (χ4v) is 6.12. The number of nitrogens with zero attached hydrogens (tertiary/aromatic N) is 3. The number of imidazole rings is 1. The van der Waals surface area contributed by atoms with Crippen LogP contribution in [0.4, 0.5) is 5.69 Å². The second-order valence-electron chi connectivity index (χ2n) is 7.92. The van der Waals surface area contributed by atoms with E-state index in [0.717, 1.165) is 0 Å². The first-order valence-corrected chi connectivity index (χ1v) is 13.7. The Bertz CT molecular complexity index is 1360. The summed E-state index contributed by atoms with van der Waals surface area (Å²) in [6.45, 7) is 4.68. The van der Waals surface area contributed by atoms with Crippen LogP contribution in [0.1, 0.15) is 31.7 Å². The molecule has 0 aliphatic carbocycles. The predicted molar refractivity (Wildman–Crippen MR) is 129 cm³/mol. The number of sulfone groups is 1. The third kappa shape index (κ3) is 6.02. The van der Waals surface area contributed by atoms with Crippen LogP contribution in [-0.4, -0.2) is 39.5 Å². The lowest BCUT2D eigenvalue weighted by Gasteiger charge is -2.16. The molecule has 34 heavy (non-hydrogen) atoms. The van der Waals surface area contributed by atoms with E-state index in [1.54, 1.807) is 41.5 Å². The van der Waals surface area contributed by atoms with Crippen LogP contribution in [0.15, 0.2) is 75.9 Å². The van der Waals surface area contributed by atoms with Gasteiger partial charge in [0, 0.05) is 37.7 Å². The molecule has 2 N–H and O–H groups in total. The summed E-state index contributed by atoms with van der Waals surface area (Å²) >= 11 is 0. The van der Waals surface area contributed by atoms with Gasteiger partial charge in [0.1, 0.15) is 0 Å². The van der Waals surface area contributed by atoms with Crippen molar-refractivity contribution in [1.29, 1.82) is 5.26 Å². The Morgan fingerprint density at radius 2 is 1.74 bits per heavy atom. The van der Waals surface area contributed by atoms with E-state index in [4.69, 9.17) is 5.26 Å². The summed E-state index contributed by atoms with van der Waals surface area (Å²) in [5.74, 6) is -0.129. The SMILES string of the molecule is CC(C)c1ccc(S(=O)(=O)c2ccc(NCCC#N)cc2)cc1S(=O)(=O)NCCn1ccnc1. The van der Waals surface area contributed by atoms with Crippen LogP contribution in [0.3, 0.4) is 0 Å². The van der Waals surface area contributed by atoms with Gasteiger partial charge in [-0.25, -0.2) is 26.5 Å². The molecule has 1 heterocycles. The molecule has 0 aliphatic heterocycles. The maximum atomic E-state index is 13.2. The van der Waals surface area contributed by atoms with Crippen molar-refractivity contribution in [1.82, 2.24) is 14.3 Å². The first kappa shape index (κ1) is 25.4. The monoisotopic (exact) mass is 501 g/mol. The van der Waals surface area contributed by atoms with E-state index in [-0.39, 0.29) is 27.1 Å². The number of hydrogen-bond acceptors (Lipinski definition) is 7. The van der Waals surface area contributed by atoms with Crippen molar-refractivity contribution in [3.05, 3.63) is 66.7 Å². The van der Waals surface area contributed by atoms with E-state index in [2.05, 4.69) is 15.0 Å².